The number of nitrogens with zero attached hydrogens (tertiary/aromatic N) is 2. The molecule has 6 heteroatoms. The summed E-state index contributed by atoms with van der Waals surface area (Å²) in [5, 5.41) is 9.70. The second-order valence-electron chi connectivity index (χ2n) is 4.85. The van der Waals surface area contributed by atoms with Gasteiger partial charge in [-0.3, -0.25) is 0 Å². The van der Waals surface area contributed by atoms with Crippen LogP contribution in [0.3, 0.4) is 0 Å². The van der Waals surface area contributed by atoms with Gasteiger partial charge in [-0.25, -0.2) is 0 Å². The summed E-state index contributed by atoms with van der Waals surface area (Å²) in [6, 6.07) is 8.30. The lowest BCUT2D eigenvalue weighted by Crippen LogP contribution is -2.12. The van der Waals surface area contributed by atoms with Gasteiger partial charge in [0.25, 0.3) is 0 Å². The van der Waals surface area contributed by atoms with E-state index in [0.717, 1.165) is 12.5 Å². The molecule has 1 aromatic heterocycles. The summed E-state index contributed by atoms with van der Waals surface area (Å²) >= 11 is 0. The Kier molecular flexibility index (Phi) is 4.45. The fraction of sp³-hybridized carbons (Fsp3) is 0.333. The van der Waals surface area contributed by atoms with E-state index in [0.29, 0.717) is 12.4 Å². The molecule has 0 aliphatic heterocycles. The van der Waals surface area contributed by atoms with Gasteiger partial charge in [-0.05, 0) is 49.1 Å². The number of anilines is 1. The first-order chi connectivity index (χ1) is 9.88. The first kappa shape index (κ1) is 15.3. The van der Waals surface area contributed by atoms with Gasteiger partial charge in [-0.2, -0.15) is 13.2 Å². The molecule has 1 heterocycles. The molecule has 0 spiro atoms. The Morgan fingerprint density at radius 2 is 1.67 bits per heavy atom. The zero-order valence-electron chi connectivity index (χ0n) is 11.8. The second-order valence-corrected chi connectivity index (χ2v) is 4.85. The van der Waals surface area contributed by atoms with Crippen molar-refractivity contribution in [2.24, 2.45) is 0 Å². The van der Waals surface area contributed by atoms with Crippen molar-refractivity contribution in [2.45, 2.75) is 26.4 Å². The number of hydrogen-bond donors (Lipinski definition) is 1. The summed E-state index contributed by atoms with van der Waals surface area (Å²) in [6.07, 6.45) is -3.68. The molecule has 0 saturated carbocycles. The molecule has 0 bridgehead atoms. The second kappa shape index (κ2) is 6.11. The number of benzene rings is 1. The van der Waals surface area contributed by atoms with Crippen molar-refractivity contribution in [3.8, 4) is 0 Å². The molecule has 0 atom stereocenters. The maximum absolute atomic E-state index is 12.4. The van der Waals surface area contributed by atoms with Crippen molar-refractivity contribution >= 4 is 5.82 Å². The van der Waals surface area contributed by atoms with Crippen LogP contribution in [0.1, 0.15) is 22.4 Å². The number of aromatic nitrogens is 2. The van der Waals surface area contributed by atoms with Crippen LogP contribution in [0.5, 0.6) is 0 Å². The minimum Gasteiger partial charge on any atom is -0.368 e. The maximum atomic E-state index is 12.4. The minimum absolute atomic E-state index is 0.342. The van der Waals surface area contributed by atoms with E-state index in [1.54, 1.807) is 0 Å². The number of rotatable bonds is 4. The number of nitrogens with one attached hydrogen (secondary N) is 1. The highest BCUT2D eigenvalue weighted by Gasteiger charge is 2.32. The average molecular weight is 295 g/mol. The lowest BCUT2D eigenvalue weighted by molar-refractivity contribution is -0.141. The van der Waals surface area contributed by atoms with Gasteiger partial charge < -0.3 is 5.32 Å². The molecule has 1 aromatic carbocycles. The van der Waals surface area contributed by atoms with Gasteiger partial charge in [0.05, 0.1) is 0 Å². The average Bonchev–Trinajstić information content (AvgIpc) is 2.42. The predicted molar refractivity (Wildman–Crippen MR) is 75.1 cm³/mol. The Bertz CT molecular complexity index is 586. The van der Waals surface area contributed by atoms with Crippen LogP contribution in [0.25, 0.3) is 0 Å². The summed E-state index contributed by atoms with van der Waals surface area (Å²) < 4.78 is 37.1. The van der Waals surface area contributed by atoms with Crippen molar-refractivity contribution in [1.82, 2.24) is 10.2 Å². The molecular formula is C15H16F3N3. The molecule has 112 valence electrons. The van der Waals surface area contributed by atoms with Crippen molar-refractivity contribution in [3.63, 3.8) is 0 Å². The van der Waals surface area contributed by atoms with E-state index in [4.69, 9.17) is 0 Å². The third-order valence-electron chi connectivity index (χ3n) is 3.28. The quantitative estimate of drug-likeness (QED) is 0.933. The molecule has 2 rings (SSSR count). The van der Waals surface area contributed by atoms with Crippen LogP contribution in [-0.4, -0.2) is 16.7 Å². The Morgan fingerprint density at radius 3 is 2.19 bits per heavy atom. The molecule has 0 saturated heterocycles. The molecule has 3 nitrogen and oxygen atoms in total. The monoisotopic (exact) mass is 295 g/mol. The predicted octanol–water partition coefficient (Wildman–Crippen LogP) is 3.77. The summed E-state index contributed by atoms with van der Waals surface area (Å²) in [4.78, 5) is 0. The Morgan fingerprint density at radius 1 is 1.00 bits per heavy atom. The molecule has 0 fully saturated rings. The van der Waals surface area contributed by atoms with Gasteiger partial charge in [0.1, 0.15) is 5.82 Å². The van der Waals surface area contributed by atoms with Gasteiger partial charge in [0, 0.05) is 6.54 Å². The zero-order valence-corrected chi connectivity index (χ0v) is 11.8. The summed E-state index contributed by atoms with van der Waals surface area (Å²) in [5.41, 5.74) is 2.67. The first-order valence-corrected chi connectivity index (χ1v) is 6.58. The summed E-state index contributed by atoms with van der Waals surface area (Å²) in [6.45, 7) is 4.67. The van der Waals surface area contributed by atoms with Crippen LogP contribution in [-0.2, 0) is 12.6 Å². The van der Waals surface area contributed by atoms with Gasteiger partial charge in [0.2, 0.25) is 0 Å². The maximum Gasteiger partial charge on any atom is 0.435 e. The molecule has 0 radical (unpaired) electrons. The highest BCUT2D eigenvalue weighted by atomic mass is 19.4. The molecule has 1 N–H and O–H groups in total. The highest BCUT2D eigenvalue weighted by molar-refractivity contribution is 5.36. The van der Waals surface area contributed by atoms with Gasteiger partial charge in [-0.1, -0.05) is 18.2 Å². The normalized spacial score (nSPS) is 11.5. The first-order valence-electron chi connectivity index (χ1n) is 6.58. The number of hydrogen-bond acceptors (Lipinski definition) is 3. The van der Waals surface area contributed by atoms with E-state index in [1.165, 1.54) is 22.8 Å². The van der Waals surface area contributed by atoms with Crippen LogP contribution in [0.2, 0.25) is 0 Å². The molecular weight excluding hydrogens is 279 g/mol. The zero-order chi connectivity index (χ0) is 15.5. The smallest absolute Gasteiger partial charge is 0.368 e. The standard InChI is InChI=1S/C15H16F3N3/c1-10-4-3-5-11(2)12(10)8-9-19-14-7-6-13(20-21-14)15(16,17)18/h3-7H,8-9H2,1-2H3,(H,19,21). The lowest BCUT2D eigenvalue weighted by atomic mass is 10.0. The number of aryl methyl sites for hydroxylation is 2. The van der Waals surface area contributed by atoms with Crippen molar-refractivity contribution in [3.05, 3.63) is 52.7 Å². The molecule has 2 aromatic rings. The van der Waals surface area contributed by atoms with Gasteiger partial charge in [0.15, 0.2) is 5.69 Å². The fourth-order valence-corrected chi connectivity index (χ4v) is 2.14. The van der Waals surface area contributed by atoms with Gasteiger partial charge >= 0.3 is 6.18 Å². The summed E-state index contributed by atoms with van der Waals surface area (Å²) in [7, 11) is 0. The fourth-order valence-electron chi connectivity index (χ4n) is 2.14. The van der Waals surface area contributed by atoms with E-state index < -0.39 is 11.9 Å². The van der Waals surface area contributed by atoms with E-state index in [2.05, 4.69) is 15.5 Å². The molecule has 0 aliphatic rings. The van der Waals surface area contributed by atoms with Crippen molar-refractivity contribution < 1.29 is 13.2 Å². The molecule has 0 amide bonds. The van der Waals surface area contributed by atoms with Crippen LogP contribution in [0, 0.1) is 13.8 Å². The van der Waals surface area contributed by atoms with Crippen LogP contribution >= 0.6 is 0 Å². The van der Waals surface area contributed by atoms with Crippen LogP contribution < -0.4 is 5.32 Å². The largest absolute Gasteiger partial charge is 0.435 e. The van der Waals surface area contributed by atoms with Crippen molar-refractivity contribution in [1.29, 1.82) is 0 Å². The summed E-state index contributed by atoms with van der Waals surface area (Å²) in [5.74, 6) is 0.342. The Balaban J connectivity index is 1.95. The minimum atomic E-state index is -4.45. The number of halogens is 3. The SMILES string of the molecule is Cc1cccc(C)c1CCNc1ccc(C(F)(F)F)nn1. The van der Waals surface area contributed by atoms with Crippen LogP contribution in [0.15, 0.2) is 30.3 Å². The third-order valence-corrected chi connectivity index (χ3v) is 3.28. The highest BCUT2D eigenvalue weighted by Crippen LogP contribution is 2.27. The van der Waals surface area contributed by atoms with E-state index in [9.17, 15) is 13.2 Å². The molecule has 0 unspecified atom stereocenters. The van der Waals surface area contributed by atoms with E-state index >= 15 is 0 Å². The Hall–Kier alpha value is -2.11. The van der Waals surface area contributed by atoms with Crippen molar-refractivity contribution in [2.75, 3.05) is 11.9 Å². The van der Waals surface area contributed by atoms with Gasteiger partial charge in [-0.15, -0.1) is 10.2 Å². The lowest BCUT2D eigenvalue weighted by Gasteiger charge is -2.11. The Labute approximate surface area is 121 Å². The number of alkyl halides is 3. The molecule has 21 heavy (non-hydrogen) atoms. The topological polar surface area (TPSA) is 37.8 Å². The third kappa shape index (κ3) is 3.93. The van der Waals surface area contributed by atoms with Crippen LogP contribution in [0.4, 0.5) is 19.0 Å². The van der Waals surface area contributed by atoms with E-state index in [-0.39, 0.29) is 0 Å². The molecule has 0 aliphatic carbocycles. The van der Waals surface area contributed by atoms with E-state index in [1.807, 2.05) is 32.0 Å².